The second kappa shape index (κ2) is 4.36. The first-order valence-electron chi connectivity index (χ1n) is 4.10. The lowest BCUT2D eigenvalue weighted by Crippen LogP contribution is -2.53. The maximum atomic E-state index is 12.6. The van der Waals surface area contributed by atoms with E-state index in [-0.39, 0.29) is 6.61 Å². The molecule has 2 atom stereocenters. The number of rotatable bonds is 6. The van der Waals surface area contributed by atoms with Crippen molar-refractivity contribution in [1.29, 1.82) is 0 Å². The molecule has 1 rings (SSSR count). The van der Waals surface area contributed by atoms with Gasteiger partial charge in [-0.3, -0.25) is 0 Å². The molecule has 0 aliphatic carbocycles. The normalized spacial score (nSPS) is 23.6. The lowest BCUT2D eigenvalue weighted by atomic mass is 10.2. The van der Waals surface area contributed by atoms with Gasteiger partial charge in [-0.15, -0.1) is 0 Å². The summed E-state index contributed by atoms with van der Waals surface area (Å²) in [7, 11) is 0. The van der Waals surface area contributed by atoms with Crippen LogP contribution in [0.2, 0.25) is 0 Å². The number of alkyl halides is 7. The van der Waals surface area contributed by atoms with Gasteiger partial charge in [0.1, 0.15) is 6.10 Å². The molecule has 0 saturated carbocycles. The Bertz CT molecular complexity index is 241. The van der Waals surface area contributed by atoms with Crippen LogP contribution in [0.5, 0.6) is 0 Å². The van der Waals surface area contributed by atoms with E-state index in [0.29, 0.717) is 0 Å². The third kappa shape index (κ3) is 2.57. The Morgan fingerprint density at radius 3 is 2.00 bits per heavy atom. The summed E-state index contributed by atoms with van der Waals surface area (Å²) in [6, 6.07) is 0. The molecule has 96 valence electrons. The van der Waals surface area contributed by atoms with Crippen LogP contribution in [0.15, 0.2) is 0 Å². The van der Waals surface area contributed by atoms with Gasteiger partial charge < -0.3 is 9.47 Å². The molecular weight excluding hydrogens is 249 g/mol. The zero-order valence-electron chi connectivity index (χ0n) is 7.61. The molecule has 0 radical (unpaired) electrons. The molecule has 1 aliphatic rings. The predicted molar refractivity (Wildman–Crippen MR) is 36.5 cm³/mol. The van der Waals surface area contributed by atoms with E-state index >= 15 is 0 Å². The van der Waals surface area contributed by atoms with Gasteiger partial charge in [-0.25, -0.2) is 13.2 Å². The van der Waals surface area contributed by atoms with E-state index in [9.17, 15) is 30.7 Å². The number of hydrogen-bond acceptors (Lipinski definition) is 2. The molecule has 0 bridgehead atoms. The minimum Gasteiger partial charge on any atom is -0.371 e. The van der Waals surface area contributed by atoms with E-state index in [0.717, 1.165) is 0 Å². The third-order valence-corrected chi connectivity index (χ3v) is 1.83. The molecule has 1 fully saturated rings. The maximum absolute atomic E-state index is 12.6. The Morgan fingerprint density at radius 1 is 1.12 bits per heavy atom. The average molecular weight is 256 g/mol. The highest BCUT2D eigenvalue weighted by Crippen LogP contribution is 2.42. The van der Waals surface area contributed by atoms with Crippen LogP contribution in [0.3, 0.4) is 0 Å². The molecule has 0 spiro atoms. The van der Waals surface area contributed by atoms with Gasteiger partial charge in [-0.1, -0.05) is 0 Å². The Balaban J connectivity index is 2.58. The van der Waals surface area contributed by atoms with Crippen LogP contribution in [0.4, 0.5) is 30.7 Å². The van der Waals surface area contributed by atoms with Gasteiger partial charge in [0, 0.05) is 0 Å². The fourth-order valence-electron chi connectivity index (χ4n) is 0.758. The van der Waals surface area contributed by atoms with Gasteiger partial charge in [-0.2, -0.15) is 17.6 Å². The summed E-state index contributed by atoms with van der Waals surface area (Å²) in [5.74, 6) is -11.4. The van der Waals surface area contributed by atoms with Crippen LogP contribution >= 0.6 is 0 Å². The quantitative estimate of drug-likeness (QED) is 0.537. The maximum Gasteiger partial charge on any atom is 0.374 e. The first-order valence-corrected chi connectivity index (χ1v) is 4.10. The molecule has 16 heavy (non-hydrogen) atoms. The zero-order chi connectivity index (χ0) is 12.6. The van der Waals surface area contributed by atoms with E-state index in [4.69, 9.17) is 0 Å². The van der Waals surface area contributed by atoms with Crippen LogP contribution < -0.4 is 0 Å². The summed E-state index contributed by atoms with van der Waals surface area (Å²) >= 11 is 0. The summed E-state index contributed by atoms with van der Waals surface area (Å²) < 4.78 is 93.6. The van der Waals surface area contributed by atoms with Crippen molar-refractivity contribution in [2.45, 2.75) is 30.7 Å². The Hall–Kier alpha value is -0.570. The van der Waals surface area contributed by atoms with Crippen molar-refractivity contribution in [2.75, 3.05) is 13.2 Å². The van der Waals surface area contributed by atoms with Crippen LogP contribution in [-0.4, -0.2) is 43.9 Å². The molecule has 1 heterocycles. The van der Waals surface area contributed by atoms with Gasteiger partial charge in [0.15, 0.2) is 0 Å². The third-order valence-electron chi connectivity index (χ3n) is 1.83. The van der Waals surface area contributed by atoms with Crippen LogP contribution in [0, 0.1) is 0 Å². The number of halogens is 7. The summed E-state index contributed by atoms with van der Waals surface area (Å²) in [6.07, 6.45) is -9.13. The highest BCUT2D eigenvalue weighted by molar-refractivity contribution is 4.89. The van der Waals surface area contributed by atoms with Crippen molar-refractivity contribution in [2.24, 2.45) is 0 Å². The monoisotopic (exact) mass is 256 g/mol. The molecule has 1 aliphatic heterocycles. The lowest BCUT2D eigenvalue weighted by Gasteiger charge is -2.27. The first-order chi connectivity index (χ1) is 7.19. The van der Waals surface area contributed by atoms with E-state index in [2.05, 4.69) is 9.47 Å². The largest absolute Gasteiger partial charge is 0.374 e. The molecule has 2 nitrogen and oxygen atoms in total. The minimum atomic E-state index is -5.78. The second-order valence-electron chi connectivity index (χ2n) is 3.15. The van der Waals surface area contributed by atoms with E-state index < -0.39 is 37.3 Å². The highest BCUT2D eigenvalue weighted by Gasteiger charge is 2.68. The van der Waals surface area contributed by atoms with E-state index in [1.807, 2.05) is 0 Å². The molecule has 0 aromatic carbocycles. The molecule has 0 aromatic rings. The molecule has 2 unspecified atom stereocenters. The number of ether oxygens (including phenoxy) is 2. The molecule has 9 heteroatoms. The average Bonchev–Trinajstić information content (AvgIpc) is 2.96. The van der Waals surface area contributed by atoms with Crippen molar-refractivity contribution in [3.05, 3.63) is 0 Å². The van der Waals surface area contributed by atoms with Crippen LogP contribution in [-0.2, 0) is 9.47 Å². The van der Waals surface area contributed by atoms with E-state index in [1.165, 1.54) is 0 Å². The fraction of sp³-hybridized carbons (Fsp3) is 1.00. The zero-order valence-corrected chi connectivity index (χ0v) is 7.61. The number of hydrogen-bond donors (Lipinski definition) is 0. The summed E-state index contributed by atoms with van der Waals surface area (Å²) in [6.45, 7) is -0.556. The predicted octanol–water partition coefficient (Wildman–Crippen LogP) is 2.23. The van der Waals surface area contributed by atoms with Crippen molar-refractivity contribution in [3.63, 3.8) is 0 Å². The summed E-state index contributed by atoms with van der Waals surface area (Å²) in [5, 5.41) is 0. The van der Waals surface area contributed by atoms with Gasteiger partial charge in [0.05, 0.1) is 13.2 Å². The van der Waals surface area contributed by atoms with Gasteiger partial charge in [0.2, 0.25) is 0 Å². The van der Waals surface area contributed by atoms with Crippen LogP contribution in [0.25, 0.3) is 0 Å². The lowest BCUT2D eigenvalue weighted by molar-refractivity contribution is -0.325. The van der Waals surface area contributed by atoms with E-state index in [1.54, 1.807) is 0 Å². The van der Waals surface area contributed by atoms with Crippen LogP contribution in [0.1, 0.15) is 0 Å². The second-order valence-corrected chi connectivity index (χ2v) is 3.15. The number of epoxide rings is 1. The topological polar surface area (TPSA) is 21.8 Å². The van der Waals surface area contributed by atoms with Gasteiger partial charge in [0.25, 0.3) is 6.36 Å². The molecule has 0 aromatic heterocycles. The van der Waals surface area contributed by atoms with Crippen molar-refractivity contribution in [1.82, 2.24) is 0 Å². The van der Waals surface area contributed by atoms with Crippen molar-refractivity contribution >= 4 is 0 Å². The Kier molecular flexibility index (Phi) is 3.68. The molecule has 1 saturated heterocycles. The van der Waals surface area contributed by atoms with Crippen molar-refractivity contribution < 1.29 is 40.2 Å². The van der Waals surface area contributed by atoms with Crippen molar-refractivity contribution in [3.8, 4) is 0 Å². The SMILES string of the molecule is FC(F)C(F)(F)C(F)(F)C(F)OCC1CO1. The Morgan fingerprint density at radius 2 is 1.62 bits per heavy atom. The fourth-order valence-corrected chi connectivity index (χ4v) is 0.758. The summed E-state index contributed by atoms with van der Waals surface area (Å²) in [5.41, 5.74) is 0. The van der Waals surface area contributed by atoms with Gasteiger partial charge in [-0.05, 0) is 0 Å². The smallest absolute Gasteiger partial charge is 0.371 e. The summed E-state index contributed by atoms with van der Waals surface area (Å²) in [4.78, 5) is 0. The molecule has 0 N–H and O–H groups in total. The first kappa shape index (κ1) is 13.5. The minimum absolute atomic E-state index is 0.129. The van der Waals surface area contributed by atoms with Gasteiger partial charge >= 0.3 is 18.3 Å². The molecular formula is C7H7F7O2. The Labute approximate surface area is 85.3 Å². The molecule has 0 amide bonds. The highest BCUT2D eigenvalue weighted by atomic mass is 19.3. The standard InChI is InChI=1S/C7H7F7O2/c8-4(9)6(11,12)7(13,14)5(10)16-2-3-1-15-3/h3-5H,1-2H2.